The molecule has 15 heavy (non-hydrogen) atoms. The first-order chi connectivity index (χ1) is 7.38. The normalized spacial score (nSPS) is 25.4. The van der Waals surface area contributed by atoms with Crippen LogP contribution in [0.5, 0.6) is 0 Å². The lowest BCUT2D eigenvalue weighted by molar-refractivity contribution is 0.328. The van der Waals surface area contributed by atoms with E-state index in [9.17, 15) is 0 Å². The average molecular weight is 210 g/mol. The average Bonchev–Trinajstić information content (AvgIpc) is 3.09. The first-order valence-corrected chi connectivity index (χ1v) is 6.82. The highest BCUT2D eigenvalue weighted by molar-refractivity contribution is 4.80. The van der Waals surface area contributed by atoms with Crippen molar-refractivity contribution in [3.63, 3.8) is 0 Å². The molecular weight excluding hydrogens is 184 g/mol. The van der Waals surface area contributed by atoms with Crippen LogP contribution in [0.1, 0.15) is 45.4 Å². The third-order valence-corrected chi connectivity index (χ3v) is 3.96. The van der Waals surface area contributed by atoms with E-state index in [2.05, 4.69) is 17.6 Å². The standard InChI is InChI=1S/C13H26N2/c1-2-13(9-11-3-4-11)15-10-12-5-7-14-8-6-12/h11-15H,2-10H2,1H3. The number of hydrogen-bond donors (Lipinski definition) is 2. The molecule has 1 aliphatic carbocycles. The van der Waals surface area contributed by atoms with Gasteiger partial charge >= 0.3 is 0 Å². The molecule has 1 saturated carbocycles. The highest BCUT2D eigenvalue weighted by atomic mass is 14.9. The maximum Gasteiger partial charge on any atom is 0.00671 e. The Morgan fingerprint density at radius 3 is 2.47 bits per heavy atom. The van der Waals surface area contributed by atoms with Crippen LogP contribution in [0, 0.1) is 11.8 Å². The van der Waals surface area contributed by atoms with Gasteiger partial charge in [0, 0.05) is 6.04 Å². The maximum atomic E-state index is 3.78. The van der Waals surface area contributed by atoms with Gasteiger partial charge in [-0.25, -0.2) is 0 Å². The van der Waals surface area contributed by atoms with E-state index < -0.39 is 0 Å². The highest BCUT2D eigenvalue weighted by Gasteiger charge is 2.25. The molecular formula is C13H26N2. The van der Waals surface area contributed by atoms with E-state index in [4.69, 9.17) is 0 Å². The van der Waals surface area contributed by atoms with Crippen molar-refractivity contribution in [3.05, 3.63) is 0 Å². The molecule has 1 aliphatic heterocycles. The van der Waals surface area contributed by atoms with Gasteiger partial charge in [-0.3, -0.25) is 0 Å². The number of hydrogen-bond acceptors (Lipinski definition) is 2. The SMILES string of the molecule is CCC(CC1CC1)NCC1CCNCC1. The second-order valence-electron chi connectivity index (χ2n) is 5.39. The molecule has 0 aromatic rings. The fourth-order valence-corrected chi connectivity index (χ4v) is 2.57. The van der Waals surface area contributed by atoms with Crippen LogP contribution in [0.25, 0.3) is 0 Å². The Labute approximate surface area is 94.2 Å². The largest absolute Gasteiger partial charge is 0.317 e. The quantitative estimate of drug-likeness (QED) is 0.702. The summed E-state index contributed by atoms with van der Waals surface area (Å²) in [6.07, 6.45) is 8.46. The van der Waals surface area contributed by atoms with Crippen LogP contribution in [0.15, 0.2) is 0 Å². The van der Waals surface area contributed by atoms with E-state index in [-0.39, 0.29) is 0 Å². The van der Waals surface area contributed by atoms with Crippen molar-refractivity contribution < 1.29 is 0 Å². The second-order valence-corrected chi connectivity index (χ2v) is 5.39. The van der Waals surface area contributed by atoms with Crippen molar-refractivity contribution in [2.24, 2.45) is 11.8 Å². The van der Waals surface area contributed by atoms with E-state index in [1.54, 1.807) is 0 Å². The number of nitrogens with one attached hydrogen (secondary N) is 2. The monoisotopic (exact) mass is 210 g/mol. The Morgan fingerprint density at radius 1 is 1.13 bits per heavy atom. The molecule has 2 N–H and O–H groups in total. The zero-order chi connectivity index (χ0) is 10.5. The second kappa shape index (κ2) is 5.86. The first kappa shape index (κ1) is 11.4. The molecule has 2 nitrogen and oxygen atoms in total. The smallest absolute Gasteiger partial charge is 0.00671 e. The van der Waals surface area contributed by atoms with Gasteiger partial charge in [0.25, 0.3) is 0 Å². The van der Waals surface area contributed by atoms with Crippen LogP contribution in [-0.2, 0) is 0 Å². The zero-order valence-corrected chi connectivity index (χ0v) is 10.1. The van der Waals surface area contributed by atoms with Crippen LogP contribution in [0.4, 0.5) is 0 Å². The summed E-state index contributed by atoms with van der Waals surface area (Å²) in [6.45, 7) is 6.03. The summed E-state index contributed by atoms with van der Waals surface area (Å²) in [7, 11) is 0. The van der Waals surface area contributed by atoms with Crippen molar-refractivity contribution in [3.8, 4) is 0 Å². The Balaban J connectivity index is 1.60. The Hall–Kier alpha value is -0.0800. The lowest BCUT2D eigenvalue weighted by Gasteiger charge is -2.25. The van der Waals surface area contributed by atoms with E-state index in [0.29, 0.717) is 0 Å². The van der Waals surface area contributed by atoms with Gasteiger partial charge in [-0.05, 0) is 57.2 Å². The Morgan fingerprint density at radius 2 is 1.87 bits per heavy atom. The maximum absolute atomic E-state index is 3.78. The van der Waals surface area contributed by atoms with Gasteiger partial charge in [0.2, 0.25) is 0 Å². The fraction of sp³-hybridized carbons (Fsp3) is 1.00. The van der Waals surface area contributed by atoms with Gasteiger partial charge in [0.1, 0.15) is 0 Å². The molecule has 1 atom stereocenters. The fourth-order valence-electron chi connectivity index (χ4n) is 2.57. The molecule has 0 amide bonds. The van der Waals surface area contributed by atoms with E-state index in [1.165, 1.54) is 58.2 Å². The van der Waals surface area contributed by atoms with E-state index in [1.807, 2.05) is 0 Å². The molecule has 1 unspecified atom stereocenters. The van der Waals surface area contributed by atoms with Gasteiger partial charge in [0.05, 0.1) is 0 Å². The highest BCUT2D eigenvalue weighted by Crippen LogP contribution is 2.34. The van der Waals surface area contributed by atoms with Crippen LogP contribution < -0.4 is 10.6 Å². The number of piperidine rings is 1. The van der Waals surface area contributed by atoms with Gasteiger partial charge in [-0.1, -0.05) is 19.8 Å². The summed E-state index contributed by atoms with van der Waals surface area (Å²) in [4.78, 5) is 0. The molecule has 88 valence electrons. The lowest BCUT2D eigenvalue weighted by atomic mass is 9.97. The van der Waals surface area contributed by atoms with Crippen LogP contribution in [0.2, 0.25) is 0 Å². The van der Waals surface area contributed by atoms with Crippen molar-refractivity contribution in [2.45, 2.75) is 51.5 Å². The van der Waals surface area contributed by atoms with Gasteiger partial charge in [-0.2, -0.15) is 0 Å². The third-order valence-electron chi connectivity index (χ3n) is 3.96. The van der Waals surface area contributed by atoms with Gasteiger partial charge in [0.15, 0.2) is 0 Å². The molecule has 0 bridgehead atoms. The van der Waals surface area contributed by atoms with E-state index in [0.717, 1.165) is 17.9 Å². The zero-order valence-electron chi connectivity index (χ0n) is 10.1. The summed E-state index contributed by atoms with van der Waals surface area (Å²) in [5.74, 6) is 2.00. The minimum Gasteiger partial charge on any atom is -0.317 e. The van der Waals surface area contributed by atoms with Gasteiger partial charge in [-0.15, -0.1) is 0 Å². The third kappa shape index (κ3) is 4.12. The summed E-state index contributed by atoms with van der Waals surface area (Å²) < 4.78 is 0. The minimum atomic E-state index is 0.799. The van der Waals surface area contributed by atoms with Crippen molar-refractivity contribution in [1.29, 1.82) is 0 Å². The predicted molar refractivity (Wildman–Crippen MR) is 65.0 cm³/mol. The summed E-state index contributed by atoms with van der Waals surface area (Å²) in [6, 6.07) is 0.799. The summed E-state index contributed by atoms with van der Waals surface area (Å²) in [5, 5.41) is 7.21. The summed E-state index contributed by atoms with van der Waals surface area (Å²) >= 11 is 0. The molecule has 0 spiro atoms. The van der Waals surface area contributed by atoms with Crippen molar-refractivity contribution in [1.82, 2.24) is 10.6 Å². The van der Waals surface area contributed by atoms with Crippen LogP contribution in [-0.4, -0.2) is 25.7 Å². The van der Waals surface area contributed by atoms with E-state index >= 15 is 0 Å². The van der Waals surface area contributed by atoms with Gasteiger partial charge < -0.3 is 10.6 Å². The molecule has 0 aromatic carbocycles. The van der Waals surface area contributed by atoms with Crippen molar-refractivity contribution in [2.75, 3.05) is 19.6 Å². The van der Waals surface area contributed by atoms with Crippen LogP contribution >= 0.6 is 0 Å². The molecule has 2 rings (SSSR count). The molecule has 0 radical (unpaired) electrons. The lowest BCUT2D eigenvalue weighted by Crippen LogP contribution is -2.38. The minimum absolute atomic E-state index is 0.799. The molecule has 2 aliphatic rings. The molecule has 1 saturated heterocycles. The topological polar surface area (TPSA) is 24.1 Å². The molecule has 2 heteroatoms. The Bertz CT molecular complexity index is 171. The first-order valence-electron chi connectivity index (χ1n) is 6.82. The van der Waals surface area contributed by atoms with Crippen LogP contribution in [0.3, 0.4) is 0 Å². The number of rotatable bonds is 6. The molecule has 1 heterocycles. The molecule has 2 fully saturated rings. The molecule has 0 aromatic heterocycles. The van der Waals surface area contributed by atoms with Crippen molar-refractivity contribution >= 4 is 0 Å². The summed E-state index contributed by atoms with van der Waals surface area (Å²) in [5.41, 5.74) is 0. The Kier molecular flexibility index (Phi) is 4.45. The predicted octanol–water partition coefficient (Wildman–Crippen LogP) is 2.15.